The third-order valence-corrected chi connectivity index (χ3v) is 10.2. The Morgan fingerprint density at radius 3 is 2.75 bits per heavy atom. The van der Waals surface area contributed by atoms with Gasteiger partial charge >= 0.3 is 0 Å². The smallest absolute Gasteiger partial charge is 0.286 e. The number of sulfonamides is 2. The van der Waals surface area contributed by atoms with E-state index in [-0.39, 0.29) is 51.3 Å². The first-order valence-corrected chi connectivity index (χ1v) is 15.7. The first-order valence-electron chi connectivity index (χ1n) is 11.5. The molecule has 0 radical (unpaired) electrons. The number of anilines is 2. The second kappa shape index (κ2) is 8.05. The minimum atomic E-state index is -4.29. The lowest BCUT2D eigenvalue weighted by Crippen LogP contribution is -2.53. The molecule has 190 valence electrons. The molecule has 4 atom stereocenters. The van der Waals surface area contributed by atoms with Crippen molar-refractivity contribution >= 4 is 54.5 Å². The van der Waals surface area contributed by atoms with Gasteiger partial charge in [-0.1, -0.05) is 6.07 Å². The molecule has 2 aromatic rings. The zero-order valence-corrected chi connectivity index (χ0v) is 21.7. The molecule has 2 bridgehead atoms. The van der Waals surface area contributed by atoms with Crippen molar-refractivity contribution in [2.45, 2.75) is 36.7 Å². The van der Waals surface area contributed by atoms with Crippen molar-refractivity contribution in [2.75, 3.05) is 16.3 Å². The molecule has 10 nitrogen and oxygen atoms in total. The lowest BCUT2D eigenvalue weighted by Gasteiger charge is -2.44. The predicted molar refractivity (Wildman–Crippen MR) is 136 cm³/mol. The third kappa shape index (κ3) is 3.80. The van der Waals surface area contributed by atoms with Gasteiger partial charge in [-0.05, 0) is 60.7 Å². The Morgan fingerprint density at radius 1 is 1.25 bits per heavy atom. The van der Waals surface area contributed by atoms with Gasteiger partial charge in [0.25, 0.3) is 15.9 Å². The summed E-state index contributed by atoms with van der Waals surface area (Å²) in [6.07, 6.45) is 3.86. The van der Waals surface area contributed by atoms with Gasteiger partial charge in [-0.3, -0.25) is 9.52 Å². The van der Waals surface area contributed by atoms with Crippen LogP contribution in [0.2, 0.25) is 0 Å². The summed E-state index contributed by atoms with van der Waals surface area (Å²) < 4.78 is 55.5. The molecule has 36 heavy (non-hydrogen) atoms. The topological polar surface area (TPSA) is 145 Å². The number of hydrogen-bond donors (Lipinski definition) is 3. The van der Waals surface area contributed by atoms with Gasteiger partial charge in [0, 0.05) is 22.5 Å². The Balaban J connectivity index is 1.42. The highest BCUT2D eigenvalue weighted by molar-refractivity contribution is 7.92. The number of hydrogen-bond acceptors (Lipinski definition) is 8. The van der Waals surface area contributed by atoms with Crippen LogP contribution in [-0.2, 0) is 31.4 Å². The second-order valence-corrected chi connectivity index (χ2v) is 14.1. The number of benzene rings is 1. The number of fused-ring (bicyclic) bond motifs is 6. The lowest BCUT2D eigenvalue weighted by atomic mass is 9.78. The number of aliphatic hydroxyl groups excluding tert-OH is 1. The molecular formula is C23H24N4O6S3. The summed E-state index contributed by atoms with van der Waals surface area (Å²) in [6.45, 7) is 0.384. The van der Waals surface area contributed by atoms with Gasteiger partial charge in [0.05, 0.1) is 18.5 Å². The summed E-state index contributed by atoms with van der Waals surface area (Å²) in [5, 5.41) is 16.2. The first kappa shape index (κ1) is 23.5. The maximum absolute atomic E-state index is 13.8. The number of carbonyl (C=O) groups is 1. The Bertz CT molecular complexity index is 1550. The molecule has 3 heterocycles. The Morgan fingerprint density at radius 2 is 2.03 bits per heavy atom. The number of carbonyl (C=O) groups excluding carboxylic acids is 1. The quantitative estimate of drug-likeness (QED) is 0.521. The molecular weight excluding hydrogens is 524 g/mol. The standard InChI is InChI=1S/C23H24N4O6S3/c1-35(30,31)25-14-6-7-16-17(10-14)36(32,33)26-22(24-16)19-21(28)18-12-4-5-13(9-12)20(18)27(23(19)29)11-15-3-2-8-34-15/h2-3,6-8,10,12-13,18,20,25,28H,4-5,9,11H2,1H3,(H,24,26)/t12-,13+,18-,20+/m1/s1. The molecule has 6 rings (SSSR count). The van der Waals surface area contributed by atoms with E-state index in [1.165, 1.54) is 18.2 Å². The van der Waals surface area contributed by atoms with Crippen LogP contribution in [-0.4, -0.2) is 50.9 Å². The Labute approximate surface area is 212 Å². The zero-order valence-electron chi connectivity index (χ0n) is 19.2. The summed E-state index contributed by atoms with van der Waals surface area (Å²) in [6, 6.07) is 7.74. The Hall–Kier alpha value is -2.90. The Kier molecular flexibility index (Phi) is 5.25. The number of amides is 1. The van der Waals surface area contributed by atoms with Crippen LogP contribution in [0.5, 0.6) is 0 Å². The van der Waals surface area contributed by atoms with Gasteiger partial charge in [-0.15, -0.1) is 15.7 Å². The van der Waals surface area contributed by atoms with E-state index >= 15 is 0 Å². The van der Waals surface area contributed by atoms with Crippen LogP contribution in [0.15, 0.2) is 56.3 Å². The van der Waals surface area contributed by atoms with Crippen molar-refractivity contribution in [1.29, 1.82) is 0 Å². The molecule has 4 aliphatic rings. The van der Waals surface area contributed by atoms with Gasteiger partial charge < -0.3 is 15.3 Å². The highest BCUT2D eigenvalue weighted by Gasteiger charge is 2.57. The normalized spacial score (nSPS) is 28.4. The van der Waals surface area contributed by atoms with Gasteiger partial charge in [-0.2, -0.15) is 8.42 Å². The lowest BCUT2D eigenvalue weighted by molar-refractivity contribution is -0.134. The van der Waals surface area contributed by atoms with Crippen molar-refractivity contribution in [1.82, 2.24) is 4.90 Å². The van der Waals surface area contributed by atoms with E-state index in [4.69, 9.17) is 0 Å². The molecule has 13 heteroatoms. The molecule has 0 unspecified atom stereocenters. The molecule has 1 aromatic carbocycles. The number of nitrogens with one attached hydrogen (secondary N) is 2. The second-order valence-electron chi connectivity index (χ2n) is 9.75. The van der Waals surface area contributed by atoms with Gasteiger partial charge in [-0.25, -0.2) is 8.42 Å². The fourth-order valence-electron chi connectivity index (χ4n) is 6.16. The minimum absolute atomic E-state index is 0.0722. The molecule has 0 spiro atoms. The monoisotopic (exact) mass is 548 g/mol. The van der Waals surface area contributed by atoms with E-state index in [9.17, 15) is 26.7 Å². The highest BCUT2D eigenvalue weighted by atomic mass is 32.2. The van der Waals surface area contributed by atoms with Crippen LogP contribution in [0, 0.1) is 17.8 Å². The van der Waals surface area contributed by atoms with E-state index in [0.29, 0.717) is 12.5 Å². The van der Waals surface area contributed by atoms with Crippen molar-refractivity contribution in [3.05, 3.63) is 51.9 Å². The van der Waals surface area contributed by atoms with Crippen LogP contribution in [0.25, 0.3) is 0 Å². The number of aliphatic hydroxyl groups is 1. The molecule has 2 fully saturated rings. The number of nitrogens with zero attached hydrogens (tertiary/aromatic N) is 2. The van der Waals surface area contributed by atoms with Crippen molar-refractivity contribution in [2.24, 2.45) is 22.2 Å². The minimum Gasteiger partial charge on any atom is -0.511 e. The van der Waals surface area contributed by atoms with Crippen LogP contribution in [0.3, 0.4) is 0 Å². The molecule has 2 aliphatic heterocycles. The number of thiophene rings is 1. The van der Waals surface area contributed by atoms with Crippen molar-refractivity contribution in [3.8, 4) is 0 Å². The molecule has 2 saturated carbocycles. The largest absolute Gasteiger partial charge is 0.511 e. The SMILES string of the molecule is CS(=O)(=O)Nc1ccc2c(c1)S(=O)(=O)N=C(C1=C(O)[C@@H]3[C@@H]4CC[C@@H](C4)[C@@H]3N(Cc3cccs3)C1=O)N2. The average Bonchev–Trinajstić information content (AvgIpc) is 3.54. The van der Waals surface area contributed by atoms with E-state index < -0.39 is 26.0 Å². The van der Waals surface area contributed by atoms with E-state index in [2.05, 4.69) is 14.4 Å². The zero-order chi connectivity index (χ0) is 25.4. The molecule has 1 amide bonds. The fourth-order valence-corrected chi connectivity index (χ4v) is 8.57. The molecule has 3 N–H and O–H groups in total. The van der Waals surface area contributed by atoms with E-state index in [0.717, 1.165) is 30.4 Å². The molecule has 1 aromatic heterocycles. The van der Waals surface area contributed by atoms with Gasteiger partial charge in [0.1, 0.15) is 16.2 Å². The maximum Gasteiger partial charge on any atom is 0.286 e. The number of rotatable bonds is 5. The summed E-state index contributed by atoms with van der Waals surface area (Å²) in [5.41, 5.74) is 0.1000. The number of amidine groups is 1. The third-order valence-electron chi connectivity index (χ3n) is 7.45. The first-order chi connectivity index (χ1) is 17.0. The summed E-state index contributed by atoms with van der Waals surface area (Å²) in [5.74, 6) is -0.488. The molecule has 0 saturated heterocycles. The van der Waals surface area contributed by atoms with Crippen molar-refractivity contribution < 1.29 is 26.7 Å². The van der Waals surface area contributed by atoms with Crippen molar-refractivity contribution in [3.63, 3.8) is 0 Å². The summed E-state index contributed by atoms with van der Waals surface area (Å²) in [7, 11) is -7.90. The van der Waals surface area contributed by atoms with Crippen LogP contribution < -0.4 is 10.0 Å². The average molecular weight is 549 g/mol. The van der Waals surface area contributed by atoms with E-state index in [1.807, 2.05) is 17.5 Å². The van der Waals surface area contributed by atoms with Crippen LogP contribution in [0.1, 0.15) is 24.1 Å². The van der Waals surface area contributed by atoms with Gasteiger partial charge in [0.15, 0.2) is 5.84 Å². The fraction of sp³-hybridized carbons (Fsp3) is 0.391. The van der Waals surface area contributed by atoms with E-state index in [1.54, 1.807) is 16.2 Å². The molecule has 2 aliphatic carbocycles. The van der Waals surface area contributed by atoms with Crippen LogP contribution in [0.4, 0.5) is 11.4 Å². The van der Waals surface area contributed by atoms with Crippen LogP contribution >= 0.6 is 11.3 Å². The summed E-state index contributed by atoms with van der Waals surface area (Å²) >= 11 is 1.54. The predicted octanol–water partition coefficient (Wildman–Crippen LogP) is 2.90. The maximum atomic E-state index is 13.8. The highest BCUT2D eigenvalue weighted by Crippen LogP contribution is 2.55. The van der Waals surface area contributed by atoms with Gasteiger partial charge in [0.2, 0.25) is 10.0 Å². The summed E-state index contributed by atoms with van der Waals surface area (Å²) in [4.78, 5) is 16.4.